The Morgan fingerprint density at radius 3 is 1.42 bits per heavy atom. The van der Waals surface area contributed by atoms with Crippen LogP contribution in [0.3, 0.4) is 0 Å². The van der Waals surface area contributed by atoms with Gasteiger partial charge in [-0.15, -0.1) is 0 Å². The number of hydrogen-bond acceptors (Lipinski definition) is 3. The largest absolute Gasteiger partial charge is 0.860 e. The maximum absolute atomic E-state index is 10.9. The van der Waals surface area contributed by atoms with Crippen LogP contribution in [0.25, 0.3) is 32.3 Å². The van der Waals surface area contributed by atoms with Crippen LogP contribution in [0.4, 0.5) is 0 Å². The van der Waals surface area contributed by atoms with Gasteiger partial charge in [-0.3, -0.25) is 0 Å². The average molecular weight is 648 g/mol. The Balaban J connectivity index is 0.000000169. The van der Waals surface area contributed by atoms with E-state index < -0.39 is 14.6 Å². The Labute approximate surface area is 285 Å². The molecule has 0 spiro atoms. The third-order valence-corrected chi connectivity index (χ3v) is 15.8. The second-order valence-electron chi connectivity index (χ2n) is 12.1. The molecule has 0 aromatic heterocycles. The zero-order valence-electron chi connectivity index (χ0n) is 27.9. The quantitative estimate of drug-likeness (QED) is 0.0516. The molecule has 3 nitrogen and oxygen atoms in total. The highest BCUT2D eigenvalue weighted by atomic mass is 31.2. The smallest absolute Gasteiger partial charge is 0.154 e. The fraction of sp³-hybridized carbons (Fsp3) is 0.163. The Morgan fingerprint density at radius 1 is 0.500 bits per heavy atom. The van der Waals surface area contributed by atoms with E-state index in [0.29, 0.717) is 5.75 Å². The van der Waals surface area contributed by atoms with E-state index in [1.807, 2.05) is 36.4 Å². The maximum atomic E-state index is 10.9. The van der Waals surface area contributed by atoms with E-state index in [1.165, 1.54) is 35.2 Å². The first-order valence-corrected chi connectivity index (χ1v) is 19.2. The van der Waals surface area contributed by atoms with E-state index in [9.17, 15) is 10.0 Å². The lowest BCUT2D eigenvalue weighted by atomic mass is 9.84. The van der Waals surface area contributed by atoms with E-state index >= 15 is 0 Å². The van der Waals surface area contributed by atoms with Crippen molar-refractivity contribution in [3.8, 4) is 5.75 Å². The fourth-order valence-electron chi connectivity index (χ4n) is 7.71. The van der Waals surface area contributed by atoms with E-state index in [0.717, 1.165) is 32.3 Å². The monoisotopic (exact) mass is 647 g/mol. The summed E-state index contributed by atoms with van der Waals surface area (Å²) in [6.07, 6.45) is 3.75. The van der Waals surface area contributed by atoms with Crippen molar-refractivity contribution in [2.45, 2.75) is 25.9 Å². The molecule has 7 rings (SSSR count). The zero-order chi connectivity index (χ0) is 33.6. The minimum Gasteiger partial charge on any atom is -0.860 e. The molecule has 0 atom stereocenters. The highest BCUT2D eigenvalue weighted by molar-refractivity contribution is 7.77. The van der Waals surface area contributed by atoms with Crippen molar-refractivity contribution in [1.82, 2.24) is 0 Å². The fourth-order valence-corrected chi connectivity index (χ4v) is 12.6. The lowest BCUT2D eigenvalue weighted by molar-refractivity contribution is -0.372. The first-order chi connectivity index (χ1) is 23.5. The van der Waals surface area contributed by atoms with Gasteiger partial charge in [-0.25, -0.2) is 0 Å². The molecular formula is C43H41BO3P-. The lowest BCUT2D eigenvalue weighted by Crippen LogP contribution is -2.50. The van der Waals surface area contributed by atoms with Gasteiger partial charge in [0.25, 0.3) is 0 Å². The third-order valence-electron chi connectivity index (χ3n) is 10.0. The highest BCUT2D eigenvalue weighted by Crippen LogP contribution is 2.76. The first kappa shape index (κ1) is 33.4. The van der Waals surface area contributed by atoms with Crippen LogP contribution in [0.1, 0.15) is 37.5 Å². The van der Waals surface area contributed by atoms with Crippen molar-refractivity contribution < 1.29 is 14.7 Å². The summed E-state index contributed by atoms with van der Waals surface area (Å²) in [5.41, 5.74) is 4.32. The van der Waals surface area contributed by atoms with Gasteiger partial charge < -0.3 is 14.7 Å². The van der Waals surface area contributed by atoms with Gasteiger partial charge in [-0.05, 0) is 65.9 Å². The van der Waals surface area contributed by atoms with Crippen LogP contribution in [0, 0.1) is 0 Å². The summed E-state index contributed by atoms with van der Waals surface area (Å²) >= 11 is 0. The molecule has 0 aliphatic carbocycles. The molecule has 0 aliphatic heterocycles. The lowest BCUT2D eigenvalue weighted by Gasteiger charge is -2.45. The molecule has 0 N–H and O–H groups in total. The summed E-state index contributed by atoms with van der Waals surface area (Å²) in [6, 6.07) is 55.3. The summed E-state index contributed by atoms with van der Waals surface area (Å²) in [5.74, 6) is 0.341. The Hall–Kier alpha value is -4.47. The third kappa shape index (κ3) is 6.13. The molecule has 0 bridgehead atoms. The predicted octanol–water partition coefficient (Wildman–Crippen LogP) is 9.29. The van der Waals surface area contributed by atoms with Crippen LogP contribution < -0.4 is 14.7 Å². The molecule has 240 valence electrons. The molecule has 0 aliphatic rings. The van der Waals surface area contributed by atoms with Gasteiger partial charge >= 0.3 is 0 Å². The zero-order valence-corrected chi connectivity index (χ0v) is 28.8. The first-order valence-electron chi connectivity index (χ1n) is 16.8. The van der Waals surface area contributed by atoms with Crippen molar-refractivity contribution in [3.63, 3.8) is 0 Å². The number of fused-ring (bicyclic) bond motifs is 4. The van der Waals surface area contributed by atoms with E-state index in [2.05, 4.69) is 130 Å². The maximum Gasteiger partial charge on any atom is 0.154 e. The van der Waals surface area contributed by atoms with E-state index in [1.54, 1.807) is 12.1 Å². The van der Waals surface area contributed by atoms with Crippen molar-refractivity contribution in [1.29, 1.82) is 0 Å². The normalized spacial score (nSPS) is 11.7. The molecule has 0 fully saturated rings. The van der Waals surface area contributed by atoms with Crippen molar-refractivity contribution in [2.75, 3.05) is 18.5 Å². The van der Waals surface area contributed by atoms with Crippen LogP contribution in [-0.2, 0) is 5.16 Å². The van der Waals surface area contributed by atoms with Crippen LogP contribution in [-0.4, -0.2) is 25.8 Å². The minimum absolute atomic E-state index is 0.0466. The van der Waals surface area contributed by atoms with Gasteiger partial charge in [0.15, 0.2) is 5.16 Å². The van der Waals surface area contributed by atoms with E-state index in [4.69, 9.17) is 4.65 Å². The summed E-state index contributed by atoms with van der Waals surface area (Å²) in [5, 5.41) is 27.8. The molecule has 7 aromatic rings. The molecule has 0 amide bonds. The Kier molecular flexibility index (Phi) is 10.3. The SMILES string of the molecule is CC[P+](CC)(CC)C(c1ccccc1)(c1ccccc1)c1ccccc1.[O-]B([O-])Oc1cccc2ccc3cc4ccccc4cc3c12. The van der Waals surface area contributed by atoms with Gasteiger partial charge in [0.05, 0.1) is 18.5 Å². The standard InChI is InChI=1S/C25H30P.C18H11BO3/c1-4-26(5-2,6-3)25(22-16-10-7-11-17-22,23-18-12-8-13-19-23)24-20-14-9-15-21-24;20-19(21)22-17-7-3-6-12-8-9-15-10-13-4-1-2-5-14(13)11-16(15)18(12)17/h7-21H,4-6H2,1-3H3;1-11H/q+1;-2. The number of benzene rings is 7. The number of rotatable bonds is 9. The Morgan fingerprint density at radius 2 is 0.938 bits per heavy atom. The topological polar surface area (TPSA) is 55.3 Å². The molecule has 5 heteroatoms. The number of hydrogen-bond donors (Lipinski definition) is 0. The molecule has 0 saturated carbocycles. The average Bonchev–Trinajstić information content (AvgIpc) is 3.14. The van der Waals surface area contributed by atoms with Crippen molar-refractivity contribution in [2.24, 2.45) is 0 Å². The summed E-state index contributed by atoms with van der Waals surface area (Å²) in [7, 11) is -3.68. The summed E-state index contributed by atoms with van der Waals surface area (Å²) < 4.78 is 4.94. The van der Waals surface area contributed by atoms with Gasteiger partial charge in [0.1, 0.15) is 13.1 Å². The molecule has 48 heavy (non-hydrogen) atoms. The van der Waals surface area contributed by atoms with Gasteiger partial charge in [0, 0.05) is 29.3 Å². The van der Waals surface area contributed by atoms with Crippen LogP contribution in [0.15, 0.2) is 158 Å². The second-order valence-corrected chi connectivity index (χ2v) is 17.0. The molecule has 0 saturated heterocycles. The molecule has 0 radical (unpaired) electrons. The molecule has 7 aromatic carbocycles. The Bertz CT molecular complexity index is 1990. The van der Waals surface area contributed by atoms with E-state index in [-0.39, 0.29) is 5.16 Å². The second kappa shape index (κ2) is 14.7. The highest BCUT2D eigenvalue weighted by Gasteiger charge is 2.57. The predicted molar refractivity (Wildman–Crippen MR) is 203 cm³/mol. The molecule has 0 unspecified atom stereocenters. The summed E-state index contributed by atoms with van der Waals surface area (Å²) in [6.45, 7) is 7.22. The van der Waals surface area contributed by atoms with Gasteiger partial charge in [-0.2, -0.15) is 0 Å². The molecular weight excluding hydrogens is 606 g/mol. The minimum atomic E-state index is -2.33. The van der Waals surface area contributed by atoms with Crippen molar-refractivity contribution in [3.05, 3.63) is 174 Å². The van der Waals surface area contributed by atoms with Crippen molar-refractivity contribution >= 4 is 46.9 Å². The van der Waals surface area contributed by atoms with Gasteiger partial charge in [-0.1, -0.05) is 140 Å². The van der Waals surface area contributed by atoms with Crippen LogP contribution >= 0.6 is 7.26 Å². The molecule has 0 heterocycles. The summed E-state index contributed by atoms with van der Waals surface area (Å²) in [4.78, 5) is 0. The van der Waals surface area contributed by atoms with Gasteiger partial charge in [0.2, 0.25) is 0 Å². The van der Waals surface area contributed by atoms with Crippen LogP contribution in [0.5, 0.6) is 5.75 Å². The van der Waals surface area contributed by atoms with Crippen LogP contribution in [0.2, 0.25) is 0 Å².